The van der Waals surface area contributed by atoms with Crippen molar-refractivity contribution in [2.45, 2.75) is 13.1 Å². The van der Waals surface area contributed by atoms with Crippen molar-refractivity contribution in [3.8, 4) is 45.5 Å². The first-order valence-corrected chi connectivity index (χ1v) is 17.9. The van der Waals surface area contributed by atoms with E-state index in [0.29, 0.717) is 17.3 Å². The monoisotopic (exact) mass is 721 g/mol. The lowest BCUT2D eigenvalue weighted by Gasteiger charge is -2.12. The molecule has 7 aromatic carbocycles. The highest BCUT2D eigenvalue weighted by atomic mass is 19.4. The molecule has 0 saturated carbocycles. The molecule has 264 valence electrons. The summed E-state index contributed by atoms with van der Waals surface area (Å²) in [6.45, 7) is 2.00. The predicted octanol–water partition coefficient (Wildman–Crippen LogP) is 12.4. The molecule has 8 heteroatoms. The first-order chi connectivity index (χ1) is 26.8. The van der Waals surface area contributed by atoms with Gasteiger partial charge in [0.15, 0.2) is 11.6 Å². The minimum Gasteiger partial charge on any atom is -0.309 e. The van der Waals surface area contributed by atoms with E-state index in [1.165, 1.54) is 22.9 Å². The maximum absolute atomic E-state index is 13.5. The van der Waals surface area contributed by atoms with Crippen LogP contribution in [0.15, 0.2) is 164 Å². The zero-order valence-electron chi connectivity index (χ0n) is 29.5. The summed E-state index contributed by atoms with van der Waals surface area (Å²) in [6.07, 6.45) is -4.45. The number of rotatable bonds is 5. The van der Waals surface area contributed by atoms with E-state index >= 15 is 0 Å². The number of fused-ring (bicyclic) bond motifs is 6. The predicted molar refractivity (Wildman–Crippen MR) is 215 cm³/mol. The summed E-state index contributed by atoms with van der Waals surface area (Å²) in [5.41, 5.74) is 8.93. The molecule has 0 radical (unpaired) electrons. The van der Waals surface area contributed by atoms with Crippen LogP contribution >= 0.6 is 0 Å². The summed E-state index contributed by atoms with van der Waals surface area (Å²) in [7, 11) is 0. The number of hydrogen-bond acceptors (Lipinski definition) is 3. The van der Waals surface area contributed by atoms with Crippen LogP contribution in [0, 0.1) is 6.92 Å². The van der Waals surface area contributed by atoms with Gasteiger partial charge in [0, 0.05) is 38.4 Å². The molecule has 0 saturated heterocycles. The van der Waals surface area contributed by atoms with Crippen LogP contribution in [-0.4, -0.2) is 24.1 Å². The molecule has 0 aliphatic heterocycles. The van der Waals surface area contributed by atoms with E-state index in [1.54, 1.807) is 0 Å². The van der Waals surface area contributed by atoms with Gasteiger partial charge in [0.25, 0.3) is 0 Å². The molecule has 0 aliphatic rings. The molecule has 5 nitrogen and oxygen atoms in total. The quantitative estimate of drug-likeness (QED) is 0.178. The number of benzene rings is 7. The maximum Gasteiger partial charge on any atom is 0.416 e. The molecule has 0 fully saturated rings. The highest BCUT2D eigenvalue weighted by Crippen LogP contribution is 2.38. The molecular formula is C47H30F3N5. The SMILES string of the molecule is Cc1ccc(-c2nc(-c3ccc(C(F)(F)F)cc3)nc(-n3c4ccccc4c4cc(-c5ccc6c(c5)c5ccccc5n6-c5ccccc5)ccc43)n2)cc1. The molecule has 10 rings (SSSR count). The minimum absolute atomic E-state index is 0.278. The van der Waals surface area contributed by atoms with Gasteiger partial charge in [-0.15, -0.1) is 0 Å². The molecule has 55 heavy (non-hydrogen) atoms. The van der Waals surface area contributed by atoms with E-state index in [2.05, 4.69) is 95.6 Å². The Kier molecular flexibility index (Phi) is 7.42. The van der Waals surface area contributed by atoms with E-state index in [0.717, 1.165) is 72.9 Å². The lowest BCUT2D eigenvalue weighted by molar-refractivity contribution is -0.137. The van der Waals surface area contributed by atoms with Crippen molar-refractivity contribution in [3.05, 3.63) is 175 Å². The van der Waals surface area contributed by atoms with Crippen molar-refractivity contribution >= 4 is 43.6 Å². The van der Waals surface area contributed by atoms with Gasteiger partial charge in [-0.2, -0.15) is 23.1 Å². The first-order valence-electron chi connectivity index (χ1n) is 17.9. The van der Waals surface area contributed by atoms with Crippen molar-refractivity contribution in [2.75, 3.05) is 0 Å². The van der Waals surface area contributed by atoms with Crippen LogP contribution in [-0.2, 0) is 6.18 Å². The highest BCUT2D eigenvalue weighted by molar-refractivity contribution is 6.12. The maximum atomic E-state index is 13.5. The van der Waals surface area contributed by atoms with E-state index in [-0.39, 0.29) is 5.82 Å². The number of halogens is 3. The molecule has 0 spiro atoms. The van der Waals surface area contributed by atoms with Crippen LogP contribution in [0.2, 0.25) is 0 Å². The third-order valence-electron chi connectivity index (χ3n) is 10.3. The topological polar surface area (TPSA) is 48.5 Å². The fourth-order valence-corrected chi connectivity index (χ4v) is 7.61. The molecule has 0 aliphatic carbocycles. The number of aromatic nitrogens is 5. The van der Waals surface area contributed by atoms with Gasteiger partial charge in [-0.1, -0.05) is 109 Å². The summed E-state index contributed by atoms with van der Waals surface area (Å²) >= 11 is 0. The van der Waals surface area contributed by atoms with Crippen LogP contribution in [0.25, 0.3) is 89.2 Å². The van der Waals surface area contributed by atoms with E-state index in [9.17, 15) is 13.2 Å². The Balaban J connectivity index is 1.15. The first kappa shape index (κ1) is 32.6. The molecule has 0 bridgehead atoms. The third-order valence-corrected chi connectivity index (χ3v) is 10.3. The van der Waals surface area contributed by atoms with Crippen LogP contribution in [0.1, 0.15) is 11.1 Å². The number of alkyl halides is 3. The van der Waals surface area contributed by atoms with E-state index < -0.39 is 11.7 Å². The summed E-state index contributed by atoms with van der Waals surface area (Å²) in [4.78, 5) is 14.7. The van der Waals surface area contributed by atoms with Crippen molar-refractivity contribution in [2.24, 2.45) is 0 Å². The van der Waals surface area contributed by atoms with Gasteiger partial charge >= 0.3 is 6.18 Å². The summed E-state index contributed by atoms with van der Waals surface area (Å²) < 4.78 is 44.7. The van der Waals surface area contributed by atoms with Crippen molar-refractivity contribution < 1.29 is 13.2 Å². The zero-order chi connectivity index (χ0) is 37.3. The molecular weight excluding hydrogens is 692 g/mol. The number of aryl methyl sites for hydroxylation is 1. The van der Waals surface area contributed by atoms with Gasteiger partial charge < -0.3 is 4.57 Å². The molecule has 0 amide bonds. The van der Waals surface area contributed by atoms with Gasteiger partial charge in [0.2, 0.25) is 5.95 Å². The Morgan fingerprint density at radius 3 is 1.44 bits per heavy atom. The molecule has 3 heterocycles. The summed E-state index contributed by atoms with van der Waals surface area (Å²) in [5.74, 6) is 1.07. The van der Waals surface area contributed by atoms with Crippen molar-refractivity contribution in [3.63, 3.8) is 0 Å². The Labute approximate surface area is 313 Å². The van der Waals surface area contributed by atoms with E-state index in [1.807, 2.05) is 60.0 Å². The minimum atomic E-state index is -4.45. The van der Waals surface area contributed by atoms with E-state index in [4.69, 9.17) is 15.0 Å². The average Bonchev–Trinajstić information content (AvgIpc) is 3.73. The lowest BCUT2D eigenvalue weighted by Crippen LogP contribution is -2.07. The third kappa shape index (κ3) is 5.53. The van der Waals surface area contributed by atoms with Crippen LogP contribution in [0.3, 0.4) is 0 Å². The van der Waals surface area contributed by atoms with Gasteiger partial charge in [0.05, 0.1) is 27.6 Å². The largest absolute Gasteiger partial charge is 0.416 e. The van der Waals surface area contributed by atoms with Crippen LogP contribution in [0.4, 0.5) is 13.2 Å². The summed E-state index contributed by atoms with van der Waals surface area (Å²) in [6, 6.07) is 52.9. The highest BCUT2D eigenvalue weighted by Gasteiger charge is 2.30. The molecule has 0 unspecified atom stereocenters. The fourth-order valence-electron chi connectivity index (χ4n) is 7.61. The smallest absolute Gasteiger partial charge is 0.309 e. The Bertz CT molecular complexity index is 3070. The molecule has 10 aromatic rings. The van der Waals surface area contributed by atoms with Crippen LogP contribution < -0.4 is 0 Å². The second-order valence-electron chi connectivity index (χ2n) is 13.7. The Morgan fingerprint density at radius 1 is 0.418 bits per heavy atom. The van der Waals surface area contributed by atoms with Crippen molar-refractivity contribution in [1.29, 1.82) is 0 Å². The standard InChI is InChI=1S/C47H30F3N5/c1-29-15-17-30(18-16-29)44-51-45(31-19-23-34(24-20-31)47(48,49)50)53-46(52-44)55-41-14-8-6-12-37(41)39-28-33(22-26-43(39)55)32-21-25-42-38(27-32)36-11-5-7-13-40(36)54(42)35-9-3-2-4-10-35/h2-28H,1H3. The van der Waals surface area contributed by atoms with Gasteiger partial charge in [-0.25, -0.2) is 4.98 Å². The van der Waals surface area contributed by atoms with Gasteiger partial charge in [0.1, 0.15) is 0 Å². The van der Waals surface area contributed by atoms with Gasteiger partial charge in [-0.05, 0) is 78.7 Å². The zero-order valence-corrected chi connectivity index (χ0v) is 29.5. The second kappa shape index (κ2) is 12.5. The lowest BCUT2D eigenvalue weighted by atomic mass is 10.0. The Hall–Kier alpha value is -7.06. The molecule has 0 N–H and O–H groups in total. The number of para-hydroxylation sites is 3. The fraction of sp³-hybridized carbons (Fsp3) is 0.0426. The number of nitrogens with zero attached hydrogens (tertiary/aromatic N) is 5. The van der Waals surface area contributed by atoms with Crippen molar-refractivity contribution in [1.82, 2.24) is 24.1 Å². The molecule has 3 aromatic heterocycles. The number of hydrogen-bond donors (Lipinski definition) is 0. The average molecular weight is 722 g/mol. The second-order valence-corrected chi connectivity index (χ2v) is 13.7. The summed E-state index contributed by atoms with van der Waals surface area (Å²) in [5, 5.41) is 4.40. The molecule has 0 atom stereocenters. The normalized spacial score (nSPS) is 12.0. The van der Waals surface area contributed by atoms with Gasteiger partial charge in [-0.3, -0.25) is 4.57 Å². The van der Waals surface area contributed by atoms with Crippen LogP contribution in [0.5, 0.6) is 0 Å². The Morgan fingerprint density at radius 2 is 0.873 bits per heavy atom.